The Morgan fingerprint density at radius 1 is 1.06 bits per heavy atom. The fourth-order valence-corrected chi connectivity index (χ4v) is 4.28. The van der Waals surface area contributed by atoms with E-state index < -0.39 is 5.82 Å². The average Bonchev–Trinajstić information content (AvgIpc) is 3.22. The van der Waals surface area contributed by atoms with Crippen LogP contribution >= 0.6 is 39.7 Å². The fraction of sp³-hybridized carbons (Fsp3) is 0.167. The summed E-state index contributed by atoms with van der Waals surface area (Å²) in [7, 11) is 3.17. The van der Waals surface area contributed by atoms with Crippen LogP contribution in [0.2, 0.25) is 5.02 Å². The summed E-state index contributed by atoms with van der Waals surface area (Å²) in [5.74, 6) is 1.91. The van der Waals surface area contributed by atoms with Crippen LogP contribution in [-0.2, 0) is 13.2 Å². The van der Waals surface area contributed by atoms with Gasteiger partial charge in [0.05, 0.1) is 31.4 Å². The van der Waals surface area contributed by atoms with Gasteiger partial charge in [-0.2, -0.15) is 5.10 Å². The first-order chi connectivity index (χ1) is 16.9. The Morgan fingerprint density at radius 3 is 2.57 bits per heavy atom. The summed E-state index contributed by atoms with van der Waals surface area (Å²) in [5, 5.41) is 7.47. The number of nitrogens with zero attached hydrogens (tertiary/aromatic N) is 2. The van der Waals surface area contributed by atoms with Crippen LogP contribution in [0.5, 0.6) is 17.2 Å². The Hall–Kier alpha value is -3.08. The molecule has 1 heterocycles. The highest BCUT2D eigenvalue weighted by atomic mass is 79.9. The fourth-order valence-electron chi connectivity index (χ4n) is 3.40. The molecule has 0 spiro atoms. The third-order valence-corrected chi connectivity index (χ3v) is 6.54. The largest absolute Gasteiger partial charge is 0.496 e. The van der Waals surface area contributed by atoms with Crippen LogP contribution in [0.15, 0.2) is 59.1 Å². The van der Waals surface area contributed by atoms with E-state index in [-0.39, 0.29) is 6.61 Å². The second-order valence-electron chi connectivity index (χ2n) is 7.34. The molecule has 0 saturated heterocycles. The zero-order valence-electron chi connectivity index (χ0n) is 18.8. The molecule has 0 bridgehead atoms. The summed E-state index contributed by atoms with van der Waals surface area (Å²) in [6.07, 6.45) is 0. The number of benzene rings is 3. The number of H-pyrrole nitrogens is 1. The van der Waals surface area contributed by atoms with Crippen LogP contribution in [0.25, 0.3) is 11.4 Å². The maximum absolute atomic E-state index is 13.3. The molecule has 0 aliphatic rings. The number of rotatable bonds is 9. The lowest BCUT2D eigenvalue weighted by atomic mass is 10.2. The van der Waals surface area contributed by atoms with Gasteiger partial charge in [0.1, 0.15) is 18.2 Å². The summed E-state index contributed by atoms with van der Waals surface area (Å²) in [6, 6.07) is 15.4. The van der Waals surface area contributed by atoms with Gasteiger partial charge in [-0.3, -0.25) is 0 Å². The third kappa shape index (κ3) is 5.61. The highest BCUT2D eigenvalue weighted by molar-refractivity contribution is 9.10. The first kappa shape index (κ1) is 25.0. The van der Waals surface area contributed by atoms with E-state index >= 15 is 0 Å². The van der Waals surface area contributed by atoms with E-state index in [9.17, 15) is 4.39 Å². The van der Waals surface area contributed by atoms with Gasteiger partial charge in [-0.1, -0.05) is 45.7 Å². The Kier molecular flexibility index (Phi) is 7.94. The summed E-state index contributed by atoms with van der Waals surface area (Å²) >= 11 is 15.1. The van der Waals surface area contributed by atoms with Crippen molar-refractivity contribution in [2.75, 3.05) is 19.6 Å². The van der Waals surface area contributed by atoms with Crippen molar-refractivity contribution in [3.8, 4) is 28.6 Å². The molecule has 0 saturated carbocycles. The number of ether oxygens (including phenoxy) is 3. The maximum atomic E-state index is 13.3. The van der Waals surface area contributed by atoms with Crippen molar-refractivity contribution in [2.24, 2.45) is 0 Å². The Morgan fingerprint density at radius 2 is 1.83 bits per heavy atom. The zero-order chi connectivity index (χ0) is 24.9. The van der Waals surface area contributed by atoms with E-state index in [0.29, 0.717) is 45.0 Å². The molecule has 3 aromatic carbocycles. The molecule has 4 rings (SSSR count). The zero-order valence-corrected chi connectivity index (χ0v) is 21.9. The Labute approximate surface area is 219 Å². The number of nitrogens with one attached hydrogen (secondary N) is 2. The second-order valence-corrected chi connectivity index (χ2v) is 8.99. The average molecular weight is 580 g/mol. The van der Waals surface area contributed by atoms with Crippen LogP contribution in [0.4, 0.5) is 4.39 Å². The number of methoxy groups -OCH3 is 2. The van der Waals surface area contributed by atoms with Crippen molar-refractivity contribution in [3.05, 3.63) is 85.8 Å². The molecule has 182 valence electrons. The molecule has 0 fully saturated rings. The van der Waals surface area contributed by atoms with Gasteiger partial charge in [-0.05, 0) is 54.2 Å². The van der Waals surface area contributed by atoms with Crippen molar-refractivity contribution >= 4 is 39.7 Å². The molecule has 0 aliphatic heterocycles. The van der Waals surface area contributed by atoms with Crippen molar-refractivity contribution in [1.82, 2.24) is 14.9 Å². The molecule has 35 heavy (non-hydrogen) atoms. The predicted octanol–water partition coefficient (Wildman–Crippen LogP) is 6.50. The van der Waals surface area contributed by atoms with Crippen LogP contribution in [0.3, 0.4) is 0 Å². The number of para-hydroxylation sites is 1. The van der Waals surface area contributed by atoms with Gasteiger partial charge < -0.3 is 19.6 Å². The summed E-state index contributed by atoms with van der Waals surface area (Å²) < 4.78 is 33.1. The van der Waals surface area contributed by atoms with Crippen molar-refractivity contribution in [2.45, 2.75) is 13.2 Å². The molecular weight excluding hydrogens is 559 g/mol. The first-order valence-electron chi connectivity index (χ1n) is 10.4. The summed E-state index contributed by atoms with van der Waals surface area (Å²) in [4.78, 5) is 0. The van der Waals surface area contributed by atoms with Crippen molar-refractivity contribution in [1.29, 1.82) is 0 Å². The quantitative estimate of drug-likeness (QED) is 0.221. The smallest absolute Gasteiger partial charge is 0.214 e. The molecule has 0 aliphatic carbocycles. The van der Waals surface area contributed by atoms with E-state index in [1.165, 1.54) is 12.1 Å². The molecule has 7 nitrogen and oxygen atoms in total. The van der Waals surface area contributed by atoms with Gasteiger partial charge in [0.2, 0.25) is 4.77 Å². The lowest BCUT2D eigenvalue weighted by Gasteiger charge is -2.16. The number of halogens is 3. The van der Waals surface area contributed by atoms with Gasteiger partial charge in [0.15, 0.2) is 17.3 Å². The minimum Gasteiger partial charge on any atom is -0.496 e. The second kappa shape index (κ2) is 11.1. The highest BCUT2D eigenvalue weighted by Crippen LogP contribution is 2.35. The number of hydrogen-bond donors (Lipinski definition) is 2. The Balaban J connectivity index is 1.54. The predicted molar refractivity (Wildman–Crippen MR) is 139 cm³/mol. The number of aromatic amines is 1. The summed E-state index contributed by atoms with van der Waals surface area (Å²) in [6.45, 7) is 0.558. The van der Waals surface area contributed by atoms with E-state index in [4.69, 9.17) is 38.0 Å². The molecule has 0 radical (unpaired) electrons. The van der Waals surface area contributed by atoms with Gasteiger partial charge in [-0.25, -0.2) is 14.2 Å². The van der Waals surface area contributed by atoms with E-state index in [2.05, 4.69) is 31.6 Å². The SMILES string of the molecule is COc1cc(CNn2c(-c3ccccc3OC)n[nH]c2=S)c(Br)cc1OCc1ccc(F)cc1Cl. The molecule has 2 N–H and O–H groups in total. The molecule has 0 unspecified atom stereocenters. The normalized spacial score (nSPS) is 10.8. The minimum absolute atomic E-state index is 0.159. The molecular formula is C24H21BrClFN4O3S. The van der Waals surface area contributed by atoms with Gasteiger partial charge in [0, 0.05) is 10.0 Å². The van der Waals surface area contributed by atoms with Crippen LogP contribution in [0.1, 0.15) is 11.1 Å². The highest BCUT2D eigenvalue weighted by Gasteiger charge is 2.15. The van der Waals surface area contributed by atoms with E-state index in [1.54, 1.807) is 25.0 Å². The lowest BCUT2D eigenvalue weighted by molar-refractivity contribution is 0.284. The molecule has 1 aromatic heterocycles. The molecule has 4 aromatic rings. The van der Waals surface area contributed by atoms with E-state index in [0.717, 1.165) is 15.6 Å². The minimum atomic E-state index is -0.400. The molecule has 11 heteroatoms. The topological polar surface area (TPSA) is 73.3 Å². The standard InChI is InChI=1S/C24H21BrClFN4O3S/c1-32-20-6-4-3-5-17(20)23-29-30-24(35)31(23)28-12-15-9-21(33-2)22(11-18(15)25)34-13-14-7-8-16(27)10-19(14)26/h3-11,28H,12-13H2,1-2H3,(H,30,35). The summed E-state index contributed by atoms with van der Waals surface area (Å²) in [5.41, 5.74) is 5.63. The van der Waals surface area contributed by atoms with Gasteiger partial charge in [0.25, 0.3) is 0 Å². The maximum Gasteiger partial charge on any atom is 0.214 e. The van der Waals surface area contributed by atoms with Crippen LogP contribution in [0, 0.1) is 10.6 Å². The third-order valence-electron chi connectivity index (χ3n) is 5.18. The Bertz CT molecular complexity index is 1410. The number of hydrogen-bond acceptors (Lipinski definition) is 6. The van der Waals surface area contributed by atoms with E-state index in [1.807, 2.05) is 36.4 Å². The van der Waals surface area contributed by atoms with Crippen molar-refractivity contribution in [3.63, 3.8) is 0 Å². The molecule has 0 amide bonds. The lowest BCUT2D eigenvalue weighted by Crippen LogP contribution is -2.16. The molecule has 0 atom stereocenters. The van der Waals surface area contributed by atoms with Crippen LogP contribution < -0.4 is 19.6 Å². The van der Waals surface area contributed by atoms with Gasteiger partial charge >= 0.3 is 0 Å². The van der Waals surface area contributed by atoms with Crippen LogP contribution in [-0.4, -0.2) is 29.1 Å². The first-order valence-corrected chi connectivity index (χ1v) is 12.0. The van der Waals surface area contributed by atoms with Crippen molar-refractivity contribution < 1.29 is 18.6 Å². The monoisotopic (exact) mass is 578 g/mol. The number of aromatic nitrogens is 3. The van der Waals surface area contributed by atoms with Gasteiger partial charge in [-0.15, -0.1) is 0 Å².